The standard InChI is InChI=1S/C18H27NO/c1-17(2,3)13-6-8-14(9-7-13)20-16-12-15(19)18(16)10-4-5-11-18/h6-9,15-16H,4-5,10-12,19H2,1-3H3. The van der Waals surface area contributed by atoms with Gasteiger partial charge in [-0.2, -0.15) is 0 Å². The van der Waals surface area contributed by atoms with Crippen LogP contribution in [0.4, 0.5) is 0 Å². The minimum Gasteiger partial charge on any atom is -0.490 e. The summed E-state index contributed by atoms with van der Waals surface area (Å²) in [5.74, 6) is 1.00. The van der Waals surface area contributed by atoms with Gasteiger partial charge < -0.3 is 10.5 Å². The molecule has 0 radical (unpaired) electrons. The van der Waals surface area contributed by atoms with Crippen molar-refractivity contribution in [2.24, 2.45) is 11.1 Å². The van der Waals surface area contributed by atoms with Crippen LogP contribution < -0.4 is 10.5 Å². The Morgan fingerprint density at radius 2 is 1.70 bits per heavy atom. The van der Waals surface area contributed by atoms with Crippen LogP contribution in [0, 0.1) is 5.41 Å². The van der Waals surface area contributed by atoms with E-state index in [1.165, 1.54) is 31.2 Å². The summed E-state index contributed by atoms with van der Waals surface area (Å²) in [5.41, 5.74) is 8.10. The lowest BCUT2D eigenvalue weighted by atomic mass is 9.61. The summed E-state index contributed by atoms with van der Waals surface area (Å²) in [6, 6.07) is 8.97. The van der Waals surface area contributed by atoms with E-state index in [2.05, 4.69) is 45.0 Å². The molecule has 2 aliphatic rings. The highest BCUT2D eigenvalue weighted by molar-refractivity contribution is 5.31. The summed E-state index contributed by atoms with van der Waals surface area (Å²) in [7, 11) is 0. The normalized spacial score (nSPS) is 28.4. The Bertz CT molecular complexity index is 465. The van der Waals surface area contributed by atoms with E-state index in [9.17, 15) is 0 Å². The third kappa shape index (κ3) is 2.24. The van der Waals surface area contributed by atoms with Crippen molar-refractivity contribution < 1.29 is 4.74 Å². The zero-order chi connectivity index (χ0) is 14.4. The molecular weight excluding hydrogens is 246 g/mol. The SMILES string of the molecule is CC(C)(C)c1ccc(OC2CC(N)C23CCCC3)cc1. The molecule has 3 rings (SSSR count). The summed E-state index contributed by atoms with van der Waals surface area (Å²) >= 11 is 0. The Morgan fingerprint density at radius 1 is 1.10 bits per heavy atom. The Hall–Kier alpha value is -1.02. The fourth-order valence-electron chi connectivity index (χ4n) is 3.87. The Morgan fingerprint density at radius 3 is 2.20 bits per heavy atom. The minimum absolute atomic E-state index is 0.198. The van der Waals surface area contributed by atoms with E-state index >= 15 is 0 Å². The molecule has 2 saturated carbocycles. The molecule has 2 aliphatic carbocycles. The molecule has 2 nitrogen and oxygen atoms in total. The summed E-state index contributed by atoms with van der Waals surface area (Å²) in [4.78, 5) is 0. The highest BCUT2D eigenvalue weighted by Gasteiger charge is 2.56. The number of ether oxygens (including phenoxy) is 1. The first kappa shape index (κ1) is 13.9. The van der Waals surface area contributed by atoms with E-state index in [-0.39, 0.29) is 10.8 Å². The quantitative estimate of drug-likeness (QED) is 0.883. The van der Waals surface area contributed by atoms with Gasteiger partial charge in [0.05, 0.1) is 0 Å². The summed E-state index contributed by atoms with van der Waals surface area (Å²) < 4.78 is 6.25. The predicted octanol–water partition coefficient (Wildman–Crippen LogP) is 4.02. The van der Waals surface area contributed by atoms with Crippen LogP contribution >= 0.6 is 0 Å². The van der Waals surface area contributed by atoms with Crippen LogP contribution in [0.5, 0.6) is 5.75 Å². The monoisotopic (exact) mass is 273 g/mol. The second kappa shape index (κ2) is 4.77. The van der Waals surface area contributed by atoms with Crippen LogP contribution in [-0.2, 0) is 5.41 Å². The molecule has 2 fully saturated rings. The molecule has 1 aromatic rings. The number of rotatable bonds is 2. The molecule has 0 bridgehead atoms. The number of hydrogen-bond donors (Lipinski definition) is 1. The summed E-state index contributed by atoms with van der Waals surface area (Å²) in [6.45, 7) is 6.71. The maximum absolute atomic E-state index is 6.26. The molecule has 0 heterocycles. The highest BCUT2D eigenvalue weighted by Crippen LogP contribution is 2.53. The third-order valence-corrected chi connectivity index (χ3v) is 5.38. The number of benzene rings is 1. The van der Waals surface area contributed by atoms with Crippen molar-refractivity contribution in [1.29, 1.82) is 0 Å². The topological polar surface area (TPSA) is 35.2 Å². The van der Waals surface area contributed by atoms with Crippen molar-refractivity contribution in [2.45, 2.75) is 70.4 Å². The van der Waals surface area contributed by atoms with E-state index in [1.807, 2.05) is 0 Å². The van der Waals surface area contributed by atoms with E-state index in [0.29, 0.717) is 12.1 Å². The molecule has 1 spiro atoms. The van der Waals surface area contributed by atoms with Crippen molar-refractivity contribution in [3.63, 3.8) is 0 Å². The Labute approximate surface area is 122 Å². The lowest BCUT2D eigenvalue weighted by Gasteiger charge is -2.52. The van der Waals surface area contributed by atoms with Gasteiger partial charge in [-0.1, -0.05) is 45.7 Å². The van der Waals surface area contributed by atoms with Crippen molar-refractivity contribution in [1.82, 2.24) is 0 Å². The maximum atomic E-state index is 6.26. The van der Waals surface area contributed by atoms with Gasteiger partial charge in [-0.05, 0) is 36.0 Å². The van der Waals surface area contributed by atoms with Crippen LogP contribution in [0.3, 0.4) is 0 Å². The van der Waals surface area contributed by atoms with E-state index < -0.39 is 0 Å². The Kier molecular flexibility index (Phi) is 3.32. The average Bonchev–Trinajstić information content (AvgIpc) is 2.90. The molecule has 2 unspecified atom stereocenters. The summed E-state index contributed by atoms with van der Waals surface area (Å²) in [6.07, 6.45) is 6.48. The Balaban J connectivity index is 1.70. The van der Waals surface area contributed by atoms with Gasteiger partial charge in [0, 0.05) is 17.9 Å². The first-order valence-corrected chi connectivity index (χ1v) is 7.95. The molecule has 2 N–H and O–H groups in total. The zero-order valence-corrected chi connectivity index (χ0v) is 13.0. The third-order valence-electron chi connectivity index (χ3n) is 5.38. The molecule has 0 aromatic heterocycles. The van der Waals surface area contributed by atoms with Crippen LogP contribution in [0.15, 0.2) is 24.3 Å². The lowest BCUT2D eigenvalue weighted by molar-refractivity contribution is -0.0620. The first-order valence-electron chi connectivity index (χ1n) is 7.95. The molecule has 2 heteroatoms. The van der Waals surface area contributed by atoms with Gasteiger partial charge >= 0.3 is 0 Å². The minimum atomic E-state index is 0.198. The maximum Gasteiger partial charge on any atom is 0.119 e. The van der Waals surface area contributed by atoms with Gasteiger partial charge in [-0.25, -0.2) is 0 Å². The zero-order valence-electron chi connectivity index (χ0n) is 13.0. The van der Waals surface area contributed by atoms with E-state index in [4.69, 9.17) is 10.5 Å². The van der Waals surface area contributed by atoms with E-state index in [1.54, 1.807) is 0 Å². The molecule has 0 saturated heterocycles. The van der Waals surface area contributed by atoms with Crippen LogP contribution in [0.1, 0.15) is 58.4 Å². The van der Waals surface area contributed by atoms with Crippen LogP contribution in [-0.4, -0.2) is 12.1 Å². The predicted molar refractivity (Wildman–Crippen MR) is 83.1 cm³/mol. The van der Waals surface area contributed by atoms with Crippen molar-refractivity contribution >= 4 is 0 Å². The second-order valence-electron chi connectivity index (χ2n) is 7.66. The highest BCUT2D eigenvalue weighted by atomic mass is 16.5. The van der Waals surface area contributed by atoms with Gasteiger partial charge in [-0.15, -0.1) is 0 Å². The van der Waals surface area contributed by atoms with E-state index in [0.717, 1.165) is 12.2 Å². The first-order chi connectivity index (χ1) is 9.42. The van der Waals surface area contributed by atoms with Gasteiger partial charge in [-0.3, -0.25) is 0 Å². The molecule has 20 heavy (non-hydrogen) atoms. The average molecular weight is 273 g/mol. The lowest BCUT2D eigenvalue weighted by Crippen LogP contribution is -2.62. The smallest absolute Gasteiger partial charge is 0.119 e. The van der Waals surface area contributed by atoms with Crippen molar-refractivity contribution in [3.8, 4) is 5.75 Å². The number of hydrogen-bond acceptors (Lipinski definition) is 2. The fraction of sp³-hybridized carbons (Fsp3) is 0.667. The molecule has 2 atom stereocenters. The molecule has 0 amide bonds. The molecule has 110 valence electrons. The number of nitrogens with two attached hydrogens (primary N) is 1. The van der Waals surface area contributed by atoms with Gasteiger partial charge in [0.1, 0.15) is 11.9 Å². The van der Waals surface area contributed by atoms with Crippen molar-refractivity contribution in [2.75, 3.05) is 0 Å². The molecule has 1 aromatic carbocycles. The second-order valence-corrected chi connectivity index (χ2v) is 7.66. The largest absolute Gasteiger partial charge is 0.490 e. The van der Waals surface area contributed by atoms with Crippen LogP contribution in [0.25, 0.3) is 0 Å². The summed E-state index contributed by atoms with van der Waals surface area (Å²) in [5, 5.41) is 0. The molecule has 0 aliphatic heterocycles. The van der Waals surface area contributed by atoms with Crippen LogP contribution in [0.2, 0.25) is 0 Å². The fourth-order valence-corrected chi connectivity index (χ4v) is 3.87. The van der Waals surface area contributed by atoms with Gasteiger partial charge in [0.15, 0.2) is 0 Å². The molecular formula is C18H27NO. The van der Waals surface area contributed by atoms with Gasteiger partial charge in [0.2, 0.25) is 0 Å². The van der Waals surface area contributed by atoms with Crippen molar-refractivity contribution in [3.05, 3.63) is 29.8 Å². The van der Waals surface area contributed by atoms with Gasteiger partial charge in [0.25, 0.3) is 0 Å².